The maximum Gasteiger partial charge on any atom is 0.338 e. The van der Waals surface area contributed by atoms with Gasteiger partial charge in [0.15, 0.2) is 29.6 Å². The zero-order valence-electron chi connectivity index (χ0n) is 25.4. The molecule has 0 radical (unpaired) electrons. The number of carbonyl (C=O) groups excluding carboxylic acids is 3. The lowest BCUT2D eigenvalue weighted by molar-refractivity contribution is -0.173. The molecule has 0 fully saturated rings. The van der Waals surface area contributed by atoms with Crippen molar-refractivity contribution < 1.29 is 24.3 Å². The zero-order chi connectivity index (χ0) is 34.7. The van der Waals surface area contributed by atoms with Crippen LogP contribution in [0.2, 0.25) is 0 Å². The molecule has 0 saturated carbocycles. The number of hydrogen-bond acceptors (Lipinski definition) is 11. The number of carbonyl (C=O) groups is 4. The van der Waals surface area contributed by atoms with Gasteiger partial charge in [0.05, 0.1) is 18.1 Å². The monoisotopic (exact) mass is 642 g/mol. The highest BCUT2D eigenvalue weighted by Crippen LogP contribution is 2.29. The van der Waals surface area contributed by atoms with Gasteiger partial charge in [0.2, 0.25) is 17.4 Å². The number of amides is 2. The van der Waals surface area contributed by atoms with Crippen molar-refractivity contribution in [1.82, 2.24) is 4.90 Å². The predicted octanol–water partition coefficient (Wildman–Crippen LogP) is -6.07. The van der Waals surface area contributed by atoms with Gasteiger partial charge in [0.25, 0.3) is 0 Å². The molecular weight excluding hydrogens is 592 g/mol. The minimum Gasteiger partial charge on any atom is -0.479 e. The van der Waals surface area contributed by atoms with Crippen LogP contribution in [0, 0.1) is 0 Å². The number of hydrogen-bond donors (Lipinski definition) is 12. The second kappa shape index (κ2) is 20.2. The Kier molecular flexibility index (Phi) is 18.1. The first kappa shape index (κ1) is 40.2. The number of nitrogens with two attached hydrogens (primary N) is 11. The minimum atomic E-state index is -2.84. The lowest BCUT2D eigenvalue weighted by atomic mass is 9.80. The second-order valence-electron chi connectivity index (χ2n) is 10.1. The summed E-state index contributed by atoms with van der Waals surface area (Å²) in [5, 5.41) is 10.6. The molecule has 0 unspecified atom stereocenters. The Morgan fingerprint density at radius 1 is 0.556 bits per heavy atom. The molecule has 0 spiro atoms. The summed E-state index contributed by atoms with van der Waals surface area (Å²) in [7, 11) is 0. The molecule has 0 aromatic heterocycles. The van der Waals surface area contributed by atoms with Gasteiger partial charge in [-0.2, -0.15) is 0 Å². The van der Waals surface area contributed by atoms with Gasteiger partial charge in [-0.15, -0.1) is 0 Å². The molecule has 4 atom stereocenters. The minimum absolute atomic E-state index is 0.0802. The number of aliphatic imine (C=N–C) groups is 4. The number of rotatable bonds is 22. The quantitative estimate of drug-likeness (QED) is 0.0226. The van der Waals surface area contributed by atoms with Gasteiger partial charge in [-0.05, 0) is 51.4 Å². The van der Waals surface area contributed by atoms with Crippen molar-refractivity contribution in [2.75, 3.05) is 26.2 Å². The molecule has 256 valence electrons. The SMILES string of the molecule is NC(N)=NCCC[C@H](N)C(=O)N(C(=O)[C@@H](N)CCCN=C(N)N)[C@@](CCCN=C(N)N)(C(=O)O)C(=O)[C@@H](N)CCCN=C(N)N. The molecule has 0 bridgehead atoms. The third-order valence-electron chi connectivity index (χ3n) is 6.45. The number of aliphatic carboxylic acids is 1. The molecule has 0 aromatic rings. The summed E-state index contributed by atoms with van der Waals surface area (Å²) < 4.78 is 0. The van der Waals surface area contributed by atoms with E-state index in [0.717, 1.165) is 0 Å². The van der Waals surface area contributed by atoms with E-state index in [1.807, 2.05) is 0 Å². The lowest BCUT2D eigenvalue weighted by Gasteiger charge is -2.41. The van der Waals surface area contributed by atoms with E-state index >= 15 is 0 Å². The molecule has 2 amide bonds. The Morgan fingerprint density at radius 3 is 1.18 bits per heavy atom. The van der Waals surface area contributed by atoms with Gasteiger partial charge in [-0.1, -0.05) is 0 Å². The molecular formula is C24H50N16O5. The molecule has 0 aliphatic rings. The highest BCUT2D eigenvalue weighted by Gasteiger charge is 2.57. The number of nitrogens with zero attached hydrogens (tertiary/aromatic N) is 5. The van der Waals surface area contributed by atoms with Crippen LogP contribution in [0.3, 0.4) is 0 Å². The number of imide groups is 1. The largest absolute Gasteiger partial charge is 0.479 e. The maximum absolute atomic E-state index is 14.0. The van der Waals surface area contributed by atoms with E-state index < -0.39 is 53.7 Å². The summed E-state index contributed by atoms with van der Waals surface area (Å²) in [6.07, 6.45) is -0.496. The van der Waals surface area contributed by atoms with Crippen molar-refractivity contribution in [2.24, 2.45) is 83.0 Å². The van der Waals surface area contributed by atoms with Crippen LogP contribution >= 0.6 is 0 Å². The molecule has 0 aliphatic carbocycles. The van der Waals surface area contributed by atoms with Crippen LogP contribution in [0.25, 0.3) is 0 Å². The third-order valence-corrected chi connectivity index (χ3v) is 6.45. The first-order valence-corrected chi connectivity index (χ1v) is 14.1. The Labute approximate surface area is 261 Å². The van der Waals surface area contributed by atoms with Crippen LogP contribution in [0.1, 0.15) is 51.4 Å². The summed E-state index contributed by atoms with van der Waals surface area (Å²) >= 11 is 0. The highest BCUT2D eigenvalue weighted by molar-refractivity contribution is 6.17. The van der Waals surface area contributed by atoms with Gasteiger partial charge in [-0.25, -0.2) is 4.79 Å². The fourth-order valence-electron chi connectivity index (χ4n) is 4.26. The summed E-state index contributed by atoms with van der Waals surface area (Å²) in [6.45, 7) is 0.111. The van der Waals surface area contributed by atoms with Gasteiger partial charge >= 0.3 is 5.97 Å². The maximum atomic E-state index is 14.0. The molecule has 0 heterocycles. The van der Waals surface area contributed by atoms with E-state index in [4.69, 9.17) is 63.1 Å². The topological polar surface area (TPSA) is 427 Å². The highest BCUT2D eigenvalue weighted by atomic mass is 16.4. The molecule has 21 heteroatoms. The Morgan fingerprint density at radius 2 is 0.867 bits per heavy atom. The fourth-order valence-corrected chi connectivity index (χ4v) is 4.26. The molecule has 0 aliphatic heterocycles. The Balaban J connectivity index is 6.86. The number of Topliss-reactive ketones (excluding diaryl/α,β-unsaturated/α-hetero) is 1. The molecule has 0 rings (SSSR count). The predicted molar refractivity (Wildman–Crippen MR) is 171 cm³/mol. The van der Waals surface area contributed by atoms with E-state index in [0.29, 0.717) is 4.90 Å². The summed E-state index contributed by atoms with van der Waals surface area (Å²) in [6, 6.07) is -4.39. The van der Waals surface area contributed by atoms with Gasteiger partial charge in [-0.3, -0.25) is 39.3 Å². The molecule has 0 aromatic carbocycles. The molecule has 21 nitrogen and oxygen atoms in total. The smallest absolute Gasteiger partial charge is 0.338 e. The van der Waals surface area contributed by atoms with E-state index in [1.54, 1.807) is 0 Å². The lowest BCUT2D eigenvalue weighted by Crippen LogP contribution is -2.71. The molecule has 23 N–H and O–H groups in total. The van der Waals surface area contributed by atoms with E-state index in [9.17, 15) is 24.3 Å². The van der Waals surface area contributed by atoms with Crippen LogP contribution in [0.4, 0.5) is 0 Å². The van der Waals surface area contributed by atoms with Crippen LogP contribution in [-0.2, 0) is 19.2 Å². The van der Waals surface area contributed by atoms with E-state index in [-0.39, 0.29) is 95.0 Å². The van der Waals surface area contributed by atoms with Crippen molar-refractivity contribution in [3.63, 3.8) is 0 Å². The third kappa shape index (κ3) is 14.0. The Bertz CT molecular complexity index is 1070. The van der Waals surface area contributed by atoms with Crippen molar-refractivity contribution in [3.05, 3.63) is 0 Å². The number of ketones is 1. The second-order valence-corrected chi connectivity index (χ2v) is 10.1. The summed E-state index contributed by atoms with van der Waals surface area (Å²) in [5.41, 5.74) is 58.4. The van der Waals surface area contributed by atoms with Gasteiger partial charge in [0, 0.05) is 26.2 Å². The van der Waals surface area contributed by atoms with Crippen molar-refractivity contribution >= 4 is 47.4 Å². The number of carboxylic acids is 1. The van der Waals surface area contributed by atoms with Crippen LogP contribution in [0.5, 0.6) is 0 Å². The normalized spacial score (nSPS) is 14.0. The Hall–Kier alpha value is -4.76. The average Bonchev–Trinajstić information content (AvgIpc) is 2.95. The molecule has 45 heavy (non-hydrogen) atoms. The summed E-state index contributed by atoms with van der Waals surface area (Å²) in [4.78, 5) is 70.6. The number of carboxylic acid groups (broad SMARTS) is 1. The van der Waals surface area contributed by atoms with Gasteiger partial charge < -0.3 is 68.2 Å². The summed E-state index contributed by atoms with van der Waals surface area (Å²) in [5.74, 6) is -6.20. The van der Waals surface area contributed by atoms with E-state index in [1.165, 1.54) is 0 Å². The van der Waals surface area contributed by atoms with Crippen LogP contribution < -0.4 is 63.1 Å². The van der Waals surface area contributed by atoms with Gasteiger partial charge in [0.1, 0.15) is 0 Å². The average molecular weight is 643 g/mol. The zero-order valence-corrected chi connectivity index (χ0v) is 25.4. The fraction of sp³-hybridized carbons (Fsp3) is 0.667. The van der Waals surface area contributed by atoms with Crippen molar-refractivity contribution in [2.45, 2.75) is 75.0 Å². The molecule has 0 saturated heterocycles. The van der Waals surface area contributed by atoms with E-state index in [2.05, 4.69) is 20.0 Å². The van der Waals surface area contributed by atoms with Crippen molar-refractivity contribution in [1.29, 1.82) is 0 Å². The first-order valence-electron chi connectivity index (χ1n) is 14.1. The number of guanidine groups is 4. The van der Waals surface area contributed by atoms with Crippen LogP contribution in [-0.4, -0.2) is 107 Å². The standard InChI is InChI=1S/C24H50N16O5/c25-13(5-1-9-36-20(28)29)16(41)24(19(44)45,8-4-12-39-23(34)35)40(17(42)14(26)6-2-10-37-21(30)31)18(43)15(27)7-3-11-38-22(32)33/h13-15H,1-12,25-27H2,(H,44,45)(H4,28,29,36)(H4,30,31,37)(H4,32,33,38)(H4,34,35,39)/t13-,14-,15-,24+/m0/s1. The van der Waals surface area contributed by atoms with Crippen LogP contribution in [0.15, 0.2) is 20.0 Å². The first-order chi connectivity index (χ1) is 21.0. The van der Waals surface area contributed by atoms with Crippen molar-refractivity contribution in [3.8, 4) is 0 Å².